The molecule has 0 aliphatic heterocycles. The van der Waals surface area contributed by atoms with Gasteiger partial charge >= 0.3 is 5.97 Å². The number of aliphatic imine (C=N–C) groups is 1. The van der Waals surface area contributed by atoms with Gasteiger partial charge in [0.15, 0.2) is 0 Å². The van der Waals surface area contributed by atoms with Crippen molar-refractivity contribution in [1.82, 2.24) is 0 Å². The number of nitrogens with zero attached hydrogens (tertiary/aromatic N) is 2. The highest BCUT2D eigenvalue weighted by Crippen LogP contribution is 2.16. The molecule has 0 saturated carbocycles. The molecule has 0 radical (unpaired) electrons. The first-order valence-electron chi connectivity index (χ1n) is 8.06. The van der Waals surface area contributed by atoms with Gasteiger partial charge in [-0.1, -0.05) is 50.1 Å². The van der Waals surface area contributed by atoms with Crippen LogP contribution in [0.3, 0.4) is 0 Å². The van der Waals surface area contributed by atoms with Crippen LogP contribution in [-0.4, -0.2) is 18.3 Å². The van der Waals surface area contributed by atoms with E-state index >= 15 is 0 Å². The van der Waals surface area contributed by atoms with E-state index in [1.807, 2.05) is 30.3 Å². The SMILES string of the molecule is CCCCCOC(=O)c1ccc(N=C(C#N)c2ccccc2)cc1. The highest BCUT2D eigenvalue weighted by atomic mass is 16.5. The fraction of sp³-hybridized carbons (Fsp3) is 0.250. The number of carbonyl (C=O) groups is 1. The number of hydrogen-bond donors (Lipinski definition) is 0. The van der Waals surface area contributed by atoms with Crippen molar-refractivity contribution in [3.8, 4) is 6.07 Å². The van der Waals surface area contributed by atoms with Gasteiger partial charge in [-0.25, -0.2) is 9.79 Å². The van der Waals surface area contributed by atoms with E-state index in [9.17, 15) is 10.1 Å². The zero-order valence-corrected chi connectivity index (χ0v) is 13.7. The fourth-order valence-corrected chi connectivity index (χ4v) is 2.15. The lowest BCUT2D eigenvalue weighted by molar-refractivity contribution is 0.0498. The topological polar surface area (TPSA) is 62.4 Å². The van der Waals surface area contributed by atoms with Gasteiger partial charge in [0.25, 0.3) is 0 Å². The highest BCUT2D eigenvalue weighted by Gasteiger charge is 2.07. The number of unbranched alkanes of at least 4 members (excludes halogenated alkanes) is 2. The predicted molar refractivity (Wildman–Crippen MR) is 94.5 cm³/mol. The van der Waals surface area contributed by atoms with E-state index in [1.165, 1.54) is 0 Å². The third-order valence-electron chi connectivity index (χ3n) is 3.48. The van der Waals surface area contributed by atoms with E-state index in [4.69, 9.17) is 4.74 Å². The standard InChI is InChI=1S/C20H20N2O2/c1-2-3-7-14-24-20(23)17-10-12-18(13-11-17)22-19(15-21)16-8-5-4-6-9-16/h4-6,8-13H,2-3,7,14H2,1H3. The van der Waals surface area contributed by atoms with Crippen molar-refractivity contribution >= 4 is 17.4 Å². The summed E-state index contributed by atoms with van der Waals surface area (Å²) in [5.74, 6) is -0.329. The van der Waals surface area contributed by atoms with Crippen molar-refractivity contribution in [3.05, 3.63) is 65.7 Å². The van der Waals surface area contributed by atoms with Crippen LogP contribution in [0.5, 0.6) is 0 Å². The maximum Gasteiger partial charge on any atom is 0.338 e. The molecule has 0 N–H and O–H groups in total. The van der Waals surface area contributed by atoms with E-state index in [1.54, 1.807) is 24.3 Å². The monoisotopic (exact) mass is 320 g/mol. The summed E-state index contributed by atoms with van der Waals surface area (Å²) in [5, 5.41) is 9.27. The van der Waals surface area contributed by atoms with Gasteiger partial charge in [-0.3, -0.25) is 0 Å². The van der Waals surface area contributed by atoms with E-state index in [2.05, 4.69) is 18.0 Å². The molecule has 4 nitrogen and oxygen atoms in total. The lowest BCUT2D eigenvalue weighted by Gasteiger charge is -2.04. The Hall–Kier alpha value is -2.93. The Morgan fingerprint density at radius 3 is 2.38 bits per heavy atom. The minimum atomic E-state index is -0.329. The Morgan fingerprint density at radius 1 is 1.04 bits per heavy atom. The fourth-order valence-electron chi connectivity index (χ4n) is 2.15. The van der Waals surface area contributed by atoms with Crippen molar-refractivity contribution < 1.29 is 9.53 Å². The Kier molecular flexibility index (Phi) is 6.73. The van der Waals surface area contributed by atoms with Crippen molar-refractivity contribution in [2.45, 2.75) is 26.2 Å². The first-order chi connectivity index (χ1) is 11.7. The second-order valence-corrected chi connectivity index (χ2v) is 5.33. The molecule has 0 saturated heterocycles. The molecule has 2 aromatic rings. The van der Waals surface area contributed by atoms with Crippen LogP contribution < -0.4 is 0 Å². The molecule has 0 aliphatic carbocycles. The van der Waals surface area contributed by atoms with Crippen LogP contribution in [0.15, 0.2) is 59.6 Å². The highest BCUT2D eigenvalue weighted by molar-refractivity contribution is 6.12. The van der Waals surface area contributed by atoms with Crippen LogP contribution >= 0.6 is 0 Å². The third-order valence-corrected chi connectivity index (χ3v) is 3.48. The van der Waals surface area contributed by atoms with Gasteiger partial charge in [-0.15, -0.1) is 0 Å². The van der Waals surface area contributed by atoms with Crippen LogP contribution in [0.2, 0.25) is 0 Å². The summed E-state index contributed by atoms with van der Waals surface area (Å²) in [6.45, 7) is 2.55. The van der Waals surface area contributed by atoms with Gasteiger partial charge in [-0.2, -0.15) is 5.26 Å². The number of benzene rings is 2. The van der Waals surface area contributed by atoms with Crippen LogP contribution in [0.4, 0.5) is 5.69 Å². The average Bonchev–Trinajstić information content (AvgIpc) is 2.64. The van der Waals surface area contributed by atoms with E-state index in [-0.39, 0.29) is 5.97 Å². The van der Waals surface area contributed by atoms with Crippen LogP contribution in [0.25, 0.3) is 0 Å². The Balaban J connectivity index is 2.05. The first-order valence-corrected chi connectivity index (χ1v) is 8.06. The second-order valence-electron chi connectivity index (χ2n) is 5.33. The number of nitriles is 1. The normalized spacial score (nSPS) is 10.9. The minimum absolute atomic E-state index is 0.329. The molecule has 4 heteroatoms. The number of carbonyl (C=O) groups excluding carboxylic acids is 1. The molecule has 0 bridgehead atoms. The molecule has 0 fully saturated rings. The number of ether oxygens (including phenoxy) is 1. The van der Waals surface area contributed by atoms with Gasteiger partial charge in [-0.05, 0) is 30.7 Å². The zero-order chi connectivity index (χ0) is 17.2. The van der Waals surface area contributed by atoms with Gasteiger partial charge in [0.05, 0.1) is 17.9 Å². The molecule has 0 amide bonds. The summed E-state index contributed by atoms with van der Waals surface area (Å²) in [6, 6.07) is 18.1. The Morgan fingerprint density at radius 2 is 1.75 bits per heavy atom. The molecule has 122 valence electrons. The Labute approximate surface area is 142 Å². The van der Waals surface area contributed by atoms with Crippen molar-refractivity contribution in [2.75, 3.05) is 6.61 Å². The molecular weight excluding hydrogens is 300 g/mol. The van der Waals surface area contributed by atoms with Crippen LogP contribution in [-0.2, 0) is 4.74 Å². The van der Waals surface area contributed by atoms with Gasteiger partial charge < -0.3 is 4.74 Å². The number of esters is 1. The summed E-state index contributed by atoms with van der Waals surface area (Å²) in [5.41, 5.74) is 2.21. The van der Waals surface area contributed by atoms with Crippen molar-refractivity contribution in [1.29, 1.82) is 5.26 Å². The maximum atomic E-state index is 11.9. The van der Waals surface area contributed by atoms with E-state index in [0.717, 1.165) is 24.8 Å². The number of rotatable bonds is 7. The molecule has 24 heavy (non-hydrogen) atoms. The van der Waals surface area contributed by atoms with Crippen molar-refractivity contribution in [2.24, 2.45) is 4.99 Å². The molecule has 0 aromatic heterocycles. The zero-order valence-electron chi connectivity index (χ0n) is 13.7. The molecule has 0 heterocycles. The summed E-state index contributed by atoms with van der Waals surface area (Å²) < 4.78 is 5.21. The number of hydrogen-bond acceptors (Lipinski definition) is 4. The lowest BCUT2D eigenvalue weighted by Crippen LogP contribution is -2.06. The van der Waals surface area contributed by atoms with E-state index in [0.29, 0.717) is 23.6 Å². The molecule has 2 rings (SSSR count). The lowest BCUT2D eigenvalue weighted by atomic mass is 10.1. The average molecular weight is 320 g/mol. The predicted octanol–water partition coefficient (Wildman–Crippen LogP) is 4.68. The van der Waals surface area contributed by atoms with Gasteiger partial charge in [0.1, 0.15) is 11.8 Å². The third kappa shape index (κ3) is 5.06. The van der Waals surface area contributed by atoms with Gasteiger partial charge in [0, 0.05) is 5.56 Å². The van der Waals surface area contributed by atoms with E-state index < -0.39 is 0 Å². The molecule has 0 aliphatic rings. The van der Waals surface area contributed by atoms with Gasteiger partial charge in [0.2, 0.25) is 0 Å². The van der Waals surface area contributed by atoms with Crippen molar-refractivity contribution in [3.63, 3.8) is 0 Å². The van der Waals surface area contributed by atoms with Crippen LogP contribution in [0.1, 0.15) is 42.1 Å². The maximum absolute atomic E-state index is 11.9. The first kappa shape index (κ1) is 17.4. The molecule has 0 spiro atoms. The smallest absolute Gasteiger partial charge is 0.338 e. The quantitative estimate of drug-likeness (QED) is 0.423. The summed E-state index contributed by atoms with van der Waals surface area (Å²) in [7, 11) is 0. The molecular formula is C20H20N2O2. The second kappa shape index (κ2) is 9.26. The largest absolute Gasteiger partial charge is 0.462 e. The summed E-state index contributed by atoms with van der Waals surface area (Å²) in [6.07, 6.45) is 3.03. The summed E-state index contributed by atoms with van der Waals surface area (Å²) in [4.78, 5) is 16.2. The molecule has 0 unspecified atom stereocenters. The molecule has 0 atom stereocenters. The Bertz CT molecular complexity index is 728. The summed E-state index contributed by atoms with van der Waals surface area (Å²) >= 11 is 0. The van der Waals surface area contributed by atoms with Crippen LogP contribution in [0, 0.1) is 11.3 Å². The molecule has 2 aromatic carbocycles. The minimum Gasteiger partial charge on any atom is -0.462 e.